The predicted octanol–water partition coefficient (Wildman–Crippen LogP) is 0.423. The van der Waals surface area contributed by atoms with E-state index in [1.165, 1.54) is 0 Å². The Morgan fingerprint density at radius 1 is 1.40 bits per heavy atom. The number of hydrogen-bond donors (Lipinski definition) is 2. The number of carbonyl (C=O) groups excluding carboxylic acids is 1. The summed E-state index contributed by atoms with van der Waals surface area (Å²) in [5.74, 6) is -0.150. The van der Waals surface area contributed by atoms with E-state index in [-0.39, 0.29) is 11.9 Å². The Kier molecular flexibility index (Phi) is 4.29. The van der Waals surface area contributed by atoms with Crippen LogP contribution >= 0.6 is 0 Å². The SMILES string of the molecule is CS(=O)(=O)NC1CCCN(C(=O)c2ccccc2N)C1. The minimum atomic E-state index is -3.26. The molecule has 0 aliphatic carbocycles. The molecule has 0 saturated carbocycles. The lowest BCUT2D eigenvalue weighted by molar-refractivity contribution is 0.0704. The highest BCUT2D eigenvalue weighted by molar-refractivity contribution is 7.88. The molecule has 2 rings (SSSR count). The van der Waals surface area contributed by atoms with E-state index in [9.17, 15) is 13.2 Å². The molecule has 0 bridgehead atoms. The summed E-state index contributed by atoms with van der Waals surface area (Å²) in [5.41, 5.74) is 6.71. The summed E-state index contributed by atoms with van der Waals surface area (Å²) >= 11 is 0. The van der Waals surface area contributed by atoms with Crippen LogP contribution in [0.3, 0.4) is 0 Å². The summed E-state index contributed by atoms with van der Waals surface area (Å²) in [6.45, 7) is 0.995. The van der Waals surface area contributed by atoms with Crippen LogP contribution in [-0.2, 0) is 10.0 Å². The standard InChI is InChI=1S/C13H19N3O3S/c1-20(18,19)15-10-5-4-8-16(9-10)13(17)11-6-2-3-7-12(11)14/h2-3,6-7,10,15H,4-5,8-9,14H2,1H3. The second kappa shape index (κ2) is 5.80. The van der Waals surface area contributed by atoms with Crippen molar-refractivity contribution in [2.45, 2.75) is 18.9 Å². The number of anilines is 1. The van der Waals surface area contributed by atoms with Crippen LogP contribution in [-0.4, -0.2) is 44.6 Å². The van der Waals surface area contributed by atoms with Gasteiger partial charge in [-0.3, -0.25) is 4.79 Å². The molecule has 6 nitrogen and oxygen atoms in total. The van der Waals surface area contributed by atoms with Crippen LogP contribution in [0.4, 0.5) is 5.69 Å². The van der Waals surface area contributed by atoms with E-state index in [1.807, 2.05) is 0 Å². The average molecular weight is 297 g/mol. The van der Waals surface area contributed by atoms with Crippen LogP contribution < -0.4 is 10.5 Å². The first-order valence-corrected chi connectivity index (χ1v) is 8.37. The van der Waals surface area contributed by atoms with Gasteiger partial charge in [0.1, 0.15) is 0 Å². The summed E-state index contributed by atoms with van der Waals surface area (Å²) in [5, 5.41) is 0. The van der Waals surface area contributed by atoms with Crippen molar-refractivity contribution >= 4 is 21.6 Å². The molecule has 1 aromatic rings. The molecule has 1 aliphatic heterocycles. The lowest BCUT2D eigenvalue weighted by Crippen LogP contribution is -2.49. The summed E-state index contributed by atoms with van der Waals surface area (Å²) in [6, 6.07) is 6.68. The molecule has 1 unspecified atom stereocenters. The normalized spacial score (nSPS) is 19.9. The van der Waals surface area contributed by atoms with E-state index in [0.29, 0.717) is 24.3 Å². The number of para-hydroxylation sites is 1. The van der Waals surface area contributed by atoms with Gasteiger partial charge in [0.15, 0.2) is 0 Å². The lowest BCUT2D eigenvalue weighted by atomic mass is 10.0. The number of benzene rings is 1. The summed E-state index contributed by atoms with van der Waals surface area (Å²) in [7, 11) is -3.26. The fraction of sp³-hybridized carbons (Fsp3) is 0.462. The Morgan fingerprint density at radius 2 is 2.10 bits per heavy atom. The second-order valence-corrected chi connectivity index (χ2v) is 6.85. The molecule has 1 atom stereocenters. The molecule has 1 heterocycles. The number of sulfonamides is 1. The topological polar surface area (TPSA) is 92.5 Å². The third-order valence-corrected chi connectivity index (χ3v) is 4.04. The van der Waals surface area contributed by atoms with Crippen molar-refractivity contribution in [2.24, 2.45) is 0 Å². The van der Waals surface area contributed by atoms with Gasteiger partial charge >= 0.3 is 0 Å². The highest BCUT2D eigenvalue weighted by Gasteiger charge is 2.26. The molecule has 1 aromatic carbocycles. The number of hydrogen-bond acceptors (Lipinski definition) is 4. The van der Waals surface area contributed by atoms with Crippen molar-refractivity contribution in [3.8, 4) is 0 Å². The van der Waals surface area contributed by atoms with Crippen LogP contribution in [0, 0.1) is 0 Å². The molecule has 1 aliphatic rings. The maximum atomic E-state index is 12.4. The zero-order valence-electron chi connectivity index (χ0n) is 11.4. The summed E-state index contributed by atoms with van der Waals surface area (Å²) in [4.78, 5) is 14.1. The highest BCUT2D eigenvalue weighted by atomic mass is 32.2. The molecule has 3 N–H and O–H groups in total. The number of nitrogen functional groups attached to an aromatic ring is 1. The lowest BCUT2D eigenvalue weighted by Gasteiger charge is -2.33. The number of amides is 1. The Balaban J connectivity index is 2.09. The molecular formula is C13H19N3O3S. The van der Waals surface area contributed by atoms with E-state index in [4.69, 9.17) is 5.73 Å². The van der Waals surface area contributed by atoms with Crippen molar-refractivity contribution in [3.63, 3.8) is 0 Å². The van der Waals surface area contributed by atoms with Gasteiger partial charge in [-0.1, -0.05) is 12.1 Å². The maximum Gasteiger partial charge on any atom is 0.255 e. The number of piperidine rings is 1. The first-order valence-electron chi connectivity index (χ1n) is 6.48. The molecule has 7 heteroatoms. The Bertz CT molecular complexity index is 601. The van der Waals surface area contributed by atoms with Gasteiger partial charge in [0.05, 0.1) is 11.8 Å². The quantitative estimate of drug-likeness (QED) is 0.791. The molecule has 1 fully saturated rings. The number of likely N-dealkylation sites (tertiary alicyclic amines) is 1. The summed E-state index contributed by atoms with van der Waals surface area (Å²) in [6.07, 6.45) is 2.63. The fourth-order valence-electron chi connectivity index (χ4n) is 2.42. The molecule has 1 amide bonds. The highest BCUT2D eigenvalue weighted by Crippen LogP contribution is 2.18. The van der Waals surface area contributed by atoms with Crippen molar-refractivity contribution in [3.05, 3.63) is 29.8 Å². The Hall–Kier alpha value is -1.60. The Labute approximate surface area is 119 Å². The number of rotatable bonds is 3. The first-order chi connectivity index (χ1) is 9.37. The molecular weight excluding hydrogens is 278 g/mol. The molecule has 0 aromatic heterocycles. The monoisotopic (exact) mass is 297 g/mol. The number of nitrogens with zero attached hydrogens (tertiary/aromatic N) is 1. The van der Waals surface area contributed by atoms with Gasteiger partial charge in [-0.2, -0.15) is 0 Å². The minimum Gasteiger partial charge on any atom is -0.398 e. The van der Waals surface area contributed by atoms with Crippen LogP contribution in [0.5, 0.6) is 0 Å². The van der Waals surface area contributed by atoms with Crippen molar-refractivity contribution < 1.29 is 13.2 Å². The largest absolute Gasteiger partial charge is 0.398 e. The molecule has 110 valence electrons. The van der Waals surface area contributed by atoms with Crippen molar-refractivity contribution in [1.82, 2.24) is 9.62 Å². The van der Waals surface area contributed by atoms with Gasteiger partial charge in [0.2, 0.25) is 10.0 Å². The third kappa shape index (κ3) is 3.71. The number of nitrogens with one attached hydrogen (secondary N) is 1. The van der Waals surface area contributed by atoms with E-state index in [0.717, 1.165) is 19.1 Å². The fourth-order valence-corrected chi connectivity index (χ4v) is 3.22. The molecule has 1 saturated heterocycles. The van der Waals surface area contributed by atoms with Gasteiger partial charge in [-0.05, 0) is 25.0 Å². The van der Waals surface area contributed by atoms with Crippen LogP contribution in [0.2, 0.25) is 0 Å². The van der Waals surface area contributed by atoms with Crippen molar-refractivity contribution in [2.75, 3.05) is 25.1 Å². The zero-order chi connectivity index (χ0) is 14.8. The van der Waals surface area contributed by atoms with Gasteiger partial charge in [-0.15, -0.1) is 0 Å². The molecule has 0 radical (unpaired) electrons. The zero-order valence-corrected chi connectivity index (χ0v) is 12.2. The average Bonchev–Trinajstić information content (AvgIpc) is 2.37. The van der Waals surface area contributed by atoms with Crippen molar-refractivity contribution in [1.29, 1.82) is 0 Å². The smallest absolute Gasteiger partial charge is 0.255 e. The van der Waals surface area contributed by atoms with Crippen LogP contribution in [0.15, 0.2) is 24.3 Å². The van der Waals surface area contributed by atoms with E-state index < -0.39 is 10.0 Å². The molecule has 20 heavy (non-hydrogen) atoms. The maximum absolute atomic E-state index is 12.4. The predicted molar refractivity (Wildman–Crippen MR) is 77.8 cm³/mol. The minimum absolute atomic E-state index is 0.150. The van der Waals surface area contributed by atoms with Crippen LogP contribution in [0.1, 0.15) is 23.2 Å². The molecule has 0 spiro atoms. The van der Waals surface area contributed by atoms with Gasteiger partial charge in [0.25, 0.3) is 5.91 Å². The van der Waals surface area contributed by atoms with Gasteiger partial charge < -0.3 is 10.6 Å². The van der Waals surface area contributed by atoms with Gasteiger partial charge in [0, 0.05) is 24.8 Å². The third-order valence-electron chi connectivity index (χ3n) is 3.28. The first kappa shape index (κ1) is 14.8. The Morgan fingerprint density at radius 3 is 2.75 bits per heavy atom. The summed E-state index contributed by atoms with van der Waals surface area (Å²) < 4.78 is 25.1. The number of carbonyl (C=O) groups is 1. The van der Waals surface area contributed by atoms with E-state index in [2.05, 4.69) is 4.72 Å². The van der Waals surface area contributed by atoms with Crippen LogP contribution in [0.25, 0.3) is 0 Å². The van der Waals surface area contributed by atoms with E-state index >= 15 is 0 Å². The number of nitrogens with two attached hydrogens (primary N) is 1. The second-order valence-electron chi connectivity index (χ2n) is 5.07. The van der Waals surface area contributed by atoms with Gasteiger partial charge in [-0.25, -0.2) is 13.1 Å². The van der Waals surface area contributed by atoms with E-state index in [1.54, 1.807) is 29.2 Å².